The summed E-state index contributed by atoms with van der Waals surface area (Å²) in [5, 5.41) is 0. The first-order valence-electron chi connectivity index (χ1n) is 9.27. The monoisotopic (exact) mass is 297 g/mol. The minimum Gasteiger partial charge on any atom is -0.374 e. The van der Waals surface area contributed by atoms with Gasteiger partial charge in [0.1, 0.15) is 0 Å². The second-order valence-corrected chi connectivity index (χ2v) is 8.14. The molecule has 0 bridgehead atoms. The van der Waals surface area contributed by atoms with Crippen molar-refractivity contribution in [1.29, 1.82) is 0 Å². The van der Waals surface area contributed by atoms with Crippen LogP contribution in [0.1, 0.15) is 91.9 Å². The van der Waals surface area contributed by atoms with Crippen molar-refractivity contribution in [2.75, 3.05) is 13.2 Å². The minimum atomic E-state index is -0.00876. The largest absolute Gasteiger partial charge is 0.374 e. The lowest BCUT2D eigenvalue weighted by Crippen LogP contribution is -2.45. The summed E-state index contributed by atoms with van der Waals surface area (Å²) in [5.74, 6) is 0.829. The van der Waals surface area contributed by atoms with Crippen molar-refractivity contribution in [3.05, 3.63) is 0 Å². The molecule has 0 saturated heterocycles. The summed E-state index contributed by atoms with van der Waals surface area (Å²) in [5.41, 5.74) is 6.47. The van der Waals surface area contributed by atoms with E-state index in [-0.39, 0.29) is 5.60 Å². The van der Waals surface area contributed by atoms with E-state index in [1.165, 1.54) is 51.4 Å². The first-order valence-corrected chi connectivity index (χ1v) is 9.27. The van der Waals surface area contributed by atoms with Crippen LogP contribution in [-0.2, 0) is 4.74 Å². The smallest absolute Gasteiger partial charge is 0.0804 e. The van der Waals surface area contributed by atoms with E-state index in [1.54, 1.807) is 0 Å². The molecule has 0 aromatic carbocycles. The number of ether oxygens (including phenoxy) is 1. The Morgan fingerprint density at radius 2 is 1.57 bits per heavy atom. The van der Waals surface area contributed by atoms with Gasteiger partial charge in [0.25, 0.3) is 0 Å². The van der Waals surface area contributed by atoms with Crippen molar-refractivity contribution < 1.29 is 4.74 Å². The van der Waals surface area contributed by atoms with Crippen LogP contribution in [0.2, 0.25) is 0 Å². The first kappa shape index (κ1) is 19.0. The molecule has 2 heteroatoms. The molecular weight excluding hydrogens is 258 g/mol. The Hall–Kier alpha value is -0.0800. The topological polar surface area (TPSA) is 35.2 Å². The predicted octanol–water partition coefficient (Wildman–Crippen LogP) is 5.30. The molecule has 0 aromatic rings. The Morgan fingerprint density at radius 1 is 1.00 bits per heavy atom. The van der Waals surface area contributed by atoms with Gasteiger partial charge in [-0.15, -0.1) is 0 Å². The Labute approximate surface area is 133 Å². The van der Waals surface area contributed by atoms with Crippen molar-refractivity contribution in [2.45, 2.75) is 97.5 Å². The molecule has 0 unspecified atom stereocenters. The maximum atomic E-state index is 6.26. The van der Waals surface area contributed by atoms with Crippen molar-refractivity contribution >= 4 is 0 Å². The van der Waals surface area contributed by atoms with Crippen molar-refractivity contribution in [2.24, 2.45) is 17.1 Å². The van der Waals surface area contributed by atoms with E-state index in [1.807, 2.05) is 0 Å². The molecule has 1 saturated carbocycles. The zero-order valence-corrected chi connectivity index (χ0v) is 15.0. The molecule has 0 atom stereocenters. The molecule has 0 aromatic heterocycles. The van der Waals surface area contributed by atoms with Gasteiger partial charge in [0.2, 0.25) is 0 Å². The Kier molecular flexibility index (Phi) is 8.26. The molecule has 2 N–H and O–H groups in total. The van der Waals surface area contributed by atoms with Gasteiger partial charge < -0.3 is 10.5 Å². The lowest BCUT2D eigenvalue weighted by molar-refractivity contribution is -0.0807. The highest BCUT2D eigenvalue weighted by atomic mass is 16.5. The van der Waals surface area contributed by atoms with Crippen LogP contribution in [0.3, 0.4) is 0 Å². The van der Waals surface area contributed by atoms with E-state index < -0.39 is 0 Å². The van der Waals surface area contributed by atoms with E-state index >= 15 is 0 Å². The highest BCUT2D eigenvalue weighted by Gasteiger charge is 2.38. The number of nitrogens with two attached hydrogens (primary N) is 1. The van der Waals surface area contributed by atoms with Crippen molar-refractivity contribution in [3.8, 4) is 0 Å². The van der Waals surface area contributed by atoms with Gasteiger partial charge in [0.15, 0.2) is 0 Å². The van der Waals surface area contributed by atoms with Crippen LogP contribution in [0.15, 0.2) is 0 Å². The zero-order chi connectivity index (χ0) is 15.8. The average molecular weight is 298 g/mol. The Bertz CT molecular complexity index is 261. The maximum Gasteiger partial charge on any atom is 0.0804 e. The lowest BCUT2D eigenvalue weighted by atomic mass is 9.68. The molecule has 21 heavy (non-hydrogen) atoms. The summed E-state index contributed by atoms with van der Waals surface area (Å²) < 4.78 is 6.26. The first-order chi connectivity index (χ1) is 9.93. The zero-order valence-electron chi connectivity index (χ0n) is 15.0. The maximum absolute atomic E-state index is 6.26. The predicted molar refractivity (Wildman–Crippen MR) is 92.5 cm³/mol. The second-order valence-electron chi connectivity index (χ2n) is 8.14. The van der Waals surface area contributed by atoms with Gasteiger partial charge in [-0.25, -0.2) is 0 Å². The summed E-state index contributed by atoms with van der Waals surface area (Å²) >= 11 is 0. The van der Waals surface area contributed by atoms with Gasteiger partial charge in [0, 0.05) is 13.2 Å². The second kappa shape index (κ2) is 9.15. The molecular formula is C19H39NO. The highest BCUT2D eigenvalue weighted by molar-refractivity contribution is 4.91. The molecule has 0 heterocycles. The summed E-state index contributed by atoms with van der Waals surface area (Å²) in [6, 6.07) is 0. The fourth-order valence-electron chi connectivity index (χ4n) is 3.59. The molecule has 2 nitrogen and oxygen atoms in total. The van der Waals surface area contributed by atoms with Crippen LogP contribution in [-0.4, -0.2) is 18.8 Å². The van der Waals surface area contributed by atoms with Gasteiger partial charge >= 0.3 is 0 Å². The molecule has 1 aliphatic rings. The summed E-state index contributed by atoms with van der Waals surface area (Å²) in [4.78, 5) is 0. The molecule has 126 valence electrons. The van der Waals surface area contributed by atoms with E-state index in [4.69, 9.17) is 10.5 Å². The van der Waals surface area contributed by atoms with Crippen molar-refractivity contribution in [3.63, 3.8) is 0 Å². The standard InChI is InChI=1S/C19H39NO/c1-5-6-7-8-9-10-15-21-19(16-20)13-11-17(12-14-19)18(2,3)4/h17H,5-16,20H2,1-4H3. The van der Waals surface area contributed by atoms with Gasteiger partial charge in [-0.2, -0.15) is 0 Å². The molecule has 0 amide bonds. The molecule has 1 fully saturated rings. The molecule has 1 aliphatic carbocycles. The molecule has 0 radical (unpaired) electrons. The van der Waals surface area contributed by atoms with E-state index in [0.717, 1.165) is 25.4 Å². The summed E-state index contributed by atoms with van der Waals surface area (Å²) in [6.07, 6.45) is 12.8. The van der Waals surface area contributed by atoms with Gasteiger partial charge in [0.05, 0.1) is 5.60 Å². The van der Waals surface area contributed by atoms with Gasteiger partial charge in [-0.3, -0.25) is 0 Å². The van der Waals surface area contributed by atoms with E-state index in [0.29, 0.717) is 12.0 Å². The van der Waals surface area contributed by atoms with Crippen molar-refractivity contribution in [1.82, 2.24) is 0 Å². The quantitative estimate of drug-likeness (QED) is 0.586. The number of hydrogen-bond donors (Lipinski definition) is 1. The fraction of sp³-hybridized carbons (Fsp3) is 1.00. The summed E-state index contributed by atoms with van der Waals surface area (Å²) in [7, 11) is 0. The van der Waals surface area contributed by atoms with E-state index in [2.05, 4.69) is 27.7 Å². The van der Waals surface area contributed by atoms with Crippen LogP contribution in [0.25, 0.3) is 0 Å². The van der Waals surface area contributed by atoms with Gasteiger partial charge in [-0.1, -0.05) is 59.8 Å². The van der Waals surface area contributed by atoms with Crippen LogP contribution in [0.5, 0.6) is 0 Å². The number of unbranched alkanes of at least 4 members (excludes halogenated alkanes) is 5. The fourth-order valence-corrected chi connectivity index (χ4v) is 3.59. The number of rotatable bonds is 9. The average Bonchev–Trinajstić information content (AvgIpc) is 2.46. The third kappa shape index (κ3) is 6.69. The van der Waals surface area contributed by atoms with Crippen LogP contribution in [0, 0.1) is 11.3 Å². The van der Waals surface area contributed by atoms with E-state index in [9.17, 15) is 0 Å². The minimum absolute atomic E-state index is 0.00876. The Morgan fingerprint density at radius 3 is 2.10 bits per heavy atom. The van der Waals surface area contributed by atoms with Crippen LogP contribution >= 0.6 is 0 Å². The molecule has 1 rings (SSSR count). The van der Waals surface area contributed by atoms with Crippen LogP contribution < -0.4 is 5.73 Å². The van der Waals surface area contributed by atoms with Crippen LogP contribution in [0.4, 0.5) is 0 Å². The molecule has 0 aliphatic heterocycles. The third-order valence-electron chi connectivity index (χ3n) is 5.40. The molecule has 0 spiro atoms. The SMILES string of the molecule is CCCCCCCCOC1(CN)CCC(C(C)(C)C)CC1. The highest BCUT2D eigenvalue weighted by Crippen LogP contribution is 2.42. The normalized spacial score (nSPS) is 27.0. The Balaban J connectivity index is 2.22. The lowest BCUT2D eigenvalue weighted by Gasteiger charge is -2.43. The van der Waals surface area contributed by atoms with Gasteiger partial charge in [-0.05, 0) is 43.4 Å². The third-order valence-corrected chi connectivity index (χ3v) is 5.40. The number of hydrogen-bond acceptors (Lipinski definition) is 2. The summed E-state index contributed by atoms with van der Waals surface area (Å²) in [6.45, 7) is 11.0.